The molecule has 0 bridgehead atoms. The normalized spacial score (nSPS) is 12.1. The Bertz CT molecular complexity index is 558. The first-order chi connectivity index (χ1) is 9.35. The van der Waals surface area contributed by atoms with Gasteiger partial charge in [0.05, 0.1) is 0 Å². The van der Waals surface area contributed by atoms with Gasteiger partial charge in [0, 0.05) is 13.1 Å². The van der Waals surface area contributed by atoms with Crippen molar-refractivity contribution in [2.24, 2.45) is 11.7 Å². The Morgan fingerprint density at radius 3 is 2.35 bits per heavy atom. The fourth-order valence-electron chi connectivity index (χ4n) is 1.81. The molecule has 1 rings (SSSR count). The summed E-state index contributed by atoms with van der Waals surface area (Å²) in [5, 5.41) is 0. The van der Waals surface area contributed by atoms with Crippen LogP contribution in [-0.4, -0.2) is 15.0 Å². The second kappa shape index (κ2) is 7.10. The van der Waals surface area contributed by atoms with Gasteiger partial charge in [-0.1, -0.05) is 26.7 Å². The van der Waals surface area contributed by atoms with E-state index < -0.39 is 26.6 Å². The van der Waals surface area contributed by atoms with Crippen molar-refractivity contribution < 1.29 is 17.2 Å². The van der Waals surface area contributed by atoms with Crippen molar-refractivity contribution in [2.45, 2.75) is 38.1 Å². The standard InChI is InChI=1S/C13H20F2N2O2S/c1-3-9(4-2)8-17-20(18,19)12-6-10(7-16)5-11(14)13(12)15/h5-6,9,17H,3-4,7-8,16H2,1-2H3. The van der Waals surface area contributed by atoms with Gasteiger partial charge in [-0.2, -0.15) is 0 Å². The summed E-state index contributed by atoms with van der Waals surface area (Å²) in [6, 6.07) is 1.96. The van der Waals surface area contributed by atoms with Crippen molar-refractivity contribution in [3.8, 4) is 0 Å². The summed E-state index contributed by atoms with van der Waals surface area (Å²) in [4.78, 5) is -0.691. The van der Waals surface area contributed by atoms with Crippen LogP contribution < -0.4 is 10.5 Å². The molecule has 0 aliphatic heterocycles. The molecule has 1 aromatic rings. The third-order valence-corrected chi connectivity index (χ3v) is 4.72. The van der Waals surface area contributed by atoms with Crippen LogP contribution in [0.3, 0.4) is 0 Å². The van der Waals surface area contributed by atoms with E-state index in [1.54, 1.807) is 0 Å². The summed E-state index contributed by atoms with van der Waals surface area (Å²) >= 11 is 0. The number of benzene rings is 1. The zero-order valence-electron chi connectivity index (χ0n) is 11.6. The summed E-state index contributed by atoms with van der Waals surface area (Å²) in [5.74, 6) is -2.43. The SMILES string of the molecule is CCC(CC)CNS(=O)(=O)c1cc(CN)cc(F)c1F. The van der Waals surface area contributed by atoms with E-state index in [0.717, 1.165) is 25.0 Å². The second-order valence-corrected chi connectivity index (χ2v) is 6.36. The minimum Gasteiger partial charge on any atom is -0.326 e. The third kappa shape index (κ3) is 3.97. The number of nitrogens with two attached hydrogens (primary N) is 1. The van der Waals surface area contributed by atoms with Crippen molar-refractivity contribution in [3.05, 3.63) is 29.3 Å². The number of hydrogen-bond acceptors (Lipinski definition) is 3. The van der Waals surface area contributed by atoms with Crippen molar-refractivity contribution in [1.29, 1.82) is 0 Å². The Kier molecular flexibility index (Phi) is 6.04. The van der Waals surface area contributed by atoms with Crippen LogP contribution in [0, 0.1) is 17.6 Å². The van der Waals surface area contributed by atoms with E-state index in [4.69, 9.17) is 5.73 Å². The molecule has 4 nitrogen and oxygen atoms in total. The lowest BCUT2D eigenvalue weighted by molar-refractivity contribution is 0.467. The molecule has 1 aromatic carbocycles. The molecule has 0 heterocycles. The molecular formula is C13H20F2N2O2S. The van der Waals surface area contributed by atoms with Crippen LogP contribution in [0.5, 0.6) is 0 Å². The van der Waals surface area contributed by atoms with E-state index in [2.05, 4.69) is 4.72 Å². The molecule has 0 amide bonds. The third-order valence-electron chi connectivity index (χ3n) is 3.30. The molecule has 0 unspecified atom stereocenters. The maximum absolute atomic E-state index is 13.7. The van der Waals surface area contributed by atoms with Gasteiger partial charge in [-0.15, -0.1) is 0 Å². The van der Waals surface area contributed by atoms with Gasteiger partial charge in [0.2, 0.25) is 10.0 Å². The molecule has 7 heteroatoms. The molecule has 3 N–H and O–H groups in total. The second-order valence-electron chi connectivity index (χ2n) is 4.63. The average Bonchev–Trinajstić information content (AvgIpc) is 2.42. The molecule has 0 radical (unpaired) electrons. The molecule has 114 valence electrons. The van der Waals surface area contributed by atoms with Crippen molar-refractivity contribution in [3.63, 3.8) is 0 Å². The Balaban J connectivity index is 3.06. The van der Waals surface area contributed by atoms with Crippen LogP contribution in [0.1, 0.15) is 32.3 Å². The maximum atomic E-state index is 13.7. The molecule has 0 aliphatic rings. The van der Waals surface area contributed by atoms with Crippen LogP contribution in [0.15, 0.2) is 17.0 Å². The zero-order valence-corrected chi connectivity index (χ0v) is 12.4. The van der Waals surface area contributed by atoms with Gasteiger partial charge in [0.1, 0.15) is 4.90 Å². The van der Waals surface area contributed by atoms with Crippen LogP contribution in [0.4, 0.5) is 8.78 Å². The number of rotatable bonds is 7. The fourth-order valence-corrected chi connectivity index (χ4v) is 3.06. The minimum absolute atomic E-state index is 0.0632. The van der Waals surface area contributed by atoms with Crippen LogP contribution in [0.2, 0.25) is 0 Å². The summed E-state index contributed by atoms with van der Waals surface area (Å²) in [6.07, 6.45) is 1.61. The number of hydrogen-bond donors (Lipinski definition) is 2. The van der Waals surface area contributed by atoms with Crippen molar-refractivity contribution >= 4 is 10.0 Å². The number of nitrogens with one attached hydrogen (secondary N) is 1. The topological polar surface area (TPSA) is 72.2 Å². The van der Waals surface area contributed by atoms with Gasteiger partial charge in [-0.3, -0.25) is 0 Å². The van der Waals surface area contributed by atoms with Crippen LogP contribution >= 0.6 is 0 Å². The van der Waals surface area contributed by atoms with Crippen LogP contribution in [0.25, 0.3) is 0 Å². The van der Waals surface area contributed by atoms with Crippen LogP contribution in [-0.2, 0) is 16.6 Å². The lowest BCUT2D eigenvalue weighted by Gasteiger charge is -2.14. The summed E-state index contributed by atoms with van der Waals surface area (Å²) < 4.78 is 53.5. The van der Waals surface area contributed by atoms with E-state index in [1.165, 1.54) is 0 Å². The van der Waals surface area contributed by atoms with Crippen molar-refractivity contribution in [2.75, 3.05) is 6.54 Å². The first-order valence-electron chi connectivity index (χ1n) is 6.53. The highest BCUT2D eigenvalue weighted by Gasteiger charge is 2.23. The van der Waals surface area contributed by atoms with Gasteiger partial charge in [0.15, 0.2) is 11.6 Å². The van der Waals surface area contributed by atoms with E-state index in [1.807, 2.05) is 13.8 Å². The summed E-state index contributed by atoms with van der Waals surface area (Å²) in [5.41, 5.74) is 5.57. The van der Waals surface area contributed by atoms with Gasteiger partial charge < -0.3 is 5.73 Å². The molecular weight excluding hydrogens is 286 g/mol. The van der Waals surface area contributed by atoms with E-state index in [0.29, 0.717) is 0 Å². The molecule has 0 atom stereocenters. The quantitative estimate of drug-likeness (QED) is 0.810. The molecule has 0 saturated heterocycles. The minimum atomic E-state index is -4.08. The molecule has 20 heavy (non-hydrogen) atoms. The highest BCUT2D eigenvalue weighted by molar-refractivity contribution is 7.89. The first kappa shape index (κ1) is 17.0. The van der Waals surface area contributed by atoms with E-state index in [9.17, 15) is 17.2 Å². The largest absolute Gasteiger partial charge is 0.326 e. The molecule has 0 aliphatic carbocycles. The Hall–Kier alpha value is -1.05. The average molecular weight is 306 g/mol. The highest BCUT2D eigenvalue weighted by atomic mass is 32.2. The van der Waals surface area contributed by atoms with Crippen molar-refractivity contribution in [1.82, 2.24) is 4.72 Å². The lowest BCUT2D eigenvalue weighted by atomic mass is 10.0. The molecule has 0 saturated carbocycles. The summed E-state index contributed by atoms with van der Waals surface area (Å²) in [7, 11) is -4.08. The predicted octanol–water partition coefficient (Wildman–Crippen LogP) is 2.14. The summed E-state index contributed by atoms with van der Waals surface area (Å²) in [6.45, 7) is 4.02. The fraction of sp³-hybridized carbons (Fsp3) is 0.538. The Labute approximate surface area is 118 Å². The number of sulfonamides is 1. The van der Waals surface area contributed by atoms with Gasteiger partial charge >= 0.3 is 0 Å². The first-order valence-corrected chi connectivity index (χ1v) is 8.01. The van der Waals surface area contributed by atoms with Gasteiger partial charge in [-0.05, 0) is 23.6 Å². The van der Waals surface area contributed by atoms with E-state index in [-0.39, 0.29) is 24.6 Å². The lowest BCUT2D eigenvalue weighted by Crippen LogP contribution is -2.30. The number of halogens is 2. The smallest absolute Gasteiger partial charge is 0.243 e. The Morgan fingerprint density at radius 1 is 1.25 bits per heavy atom. The monoisotopic (exact) mass is 306 g/mol. The highest BCUT2D eigenvalue weighted by Crippen LogP contribution is 2.20. The Morgan fingerprint density at radius 2 is 1.85 bits per heavy atom. The predicted molar refractivity (Wildman–Crippen MR) is 73.5 cm³/mol. The molecule has 0 fully saturated rings. The van der Waals surface area contributed by atoms with Gasteiger partial charge in [-0.25, -0.2) is 21.9 Å². The molecule has 0 spiro atoms. The van der Waals surface area contributed by atoms with Gasteiger partial charge in [0.25, 0.3) is 0 Å². The maximum Gasteiger partial charge on any atom is 0.243 e. The van der Waals surface area contributed by atoms with E-state index >= 15 is 0 Å². The molecule has 0 aromatic heterocycles. The zero-order chi connectivity index (χ0) is 15.3.